The molecular formula is C14H18N4S. The number of nitrogens with two attached hydrogens (primary N) is 1. The summed E-state index contributed by atoms with van der Waals surface area (Å²) >= 11 is 1.41. The number of anilines is 1. The Bertz CT molecular complexity index is 578. The Kier molecular flexibility index (Phi) is 3.24. The minimum Gasteiger partial charge on any atom is -0.352 e. The van der Waals surface area contributed by atoms with Gasteiger partial charge in [-0.3, -0.25) is 0 Å². The number of nitrogens with one attached hydrogen (secondary N) is 1. The summed E-state index contributed by atoms with van der Waals surface area (Å²) in [5, 5.41) is 4.30. The molecule has 2 unspecified atom stereocenters. The standard InChI is InChI=1S/C14H18N4S/c1-8(2)13-17-14(19-18-13)16-12-10-6-4-3-5-9(10)7-11(12)15/h3-6,8,11-12H,7,15H2,1-2H3,(H,16,17,18). The van der Waals surface area contributed by atoms with Crippen LogP contribution in [0.15, 0.2) is 24.3 Å². The zero-order valence-corrected chi connectivity index (χ0v) is 11.9. The van der Waals surface area contributed by atoms with E-state index in [1.807, 2.05) is 0 Å². The van der Waals surface area contributed by atoms with Gasteiger partial charge in [0.05, 0.1) is 6.04 Å². The van der Waals surface area contributed by atoms with Crippen molar-refractivity contribution in [3.05, 3.63) is 41.2 Å². The summed E-state index contributed by atoms with van der Waals surface area (Å²) < 4.78 is 4.37. The van der Waals surface area contributed by atoms with Gasteiger partial charge in [0.25, 0.3) is 0 Å². The molecule has 19 heavy (non-hydrogen) atoms. The summed E-state index contributed by atoms with van der Waals surface area (Å²) in [4.78, 5) is 4.52. The van der Waals surface area contributed by atoms with Crippen molar-refractivity contribution < 1.29 is 0 Å². The highest BCUT2D eigenvalue weighted by molar-refractivity contribution is 7.09. The molecule has 1 heterocycles. The van der Waals surface area contributed by atoms with Crippen molar-refractivity contribution in [1.29, 1.82) is 0 Å². The summed E-state index contributed by atoms with van der Waals surface area (Å²) in [5.41, 5.74) is 8.86. The van der Waals surface area contributed by atoms with Crippen molar-refractivity contribution in [2.45, 2.75) is 38.3 Å². The predicted molar refractivity (Wildman–Crippen MR) is 78.5 cm³/mol. The lowest BCUT2D eigenvalue weighted by atomic mass is 10.1. The molecule has 3 rings (SSSR count). The Labute approximate surface area is 117 Å². The second-order valence-electron chi connectivity index (χ2n) is 5.30. The smallest absolute Gasteiger partial charge is 0.203 e. The van der Waals surface area contributed by atoms with E-state index in [1.54, 1.807) is 0 Å². The third-order valence-corrected chi connectivity index (χ3v) is 4.17. The van der Waals surface area contributed by atoms with Gasteiger partial charge in [0.15, 0.2) is 0 Å². The average molecular weight is 274 g/mol. The molecule has 2 aromatic rings. The Morgan fingerprint density at radius 1 is 1.37 bits per heavy atom. The van der Waals surface area contributed by atoms with Crippen LogP contribution in [0.4, 0.5) is 5.13 Å². The zero-order chi connectivity index (χ0) is 13.4. The molecule has 0 fully saturated rings. The van der Waals surface area contributed by atoms with Gasteiger partial charge < -0.3 is 11.1 Å². The first kappa shape index (κ1) is 12.6. The third-order valence-electron chi connectivity index (χ3n) is 3.51. The first-order valence-electron chi connectivity index (χ1n) is 6.58. The van der Waals surface area contributed by atoms with Crippen molar-refractivity contribution in [1.82, 2.24) is 9.36 Å². The highest BCUT2D eigenvalue weighted by atomic mass is 32.1. The fourth-order valence-electron chi connectivity index (χ4n) is 2.47. The van der Waals surface area contributed by atoms with E-state index in [0.717, 1.165) is 17.4 Å². The second kappa shape index (κ2) is 4.90. The number of rotatable bonds is 3. The summed E-state index contributed by atoms with van der Waals surface area (Å²) in [6.07, 6.45) is 0.920. The van der Waals surface area contributed by atoms with Crippen LogP contribution in [-0.2, 0) is 6.42 Å². The highest BCUT2D eigenvalue weighted by Gasteiger charge is 2.30. The van der Waals surface area contributed by atoms with Crippen molar-refractivity contribution in [2.24, 2.45) is 5.73 Å². The highest BCUT2D eigenvalue weighted by Crippen LogP contribution is 2.33. The maximum Gasteiger partial charge on any atom is 0.203 e. The largest absolute Gasteiger partial charge is 0.352 e. The molecule has 0 bridgehead atoms. The Morgan fingerprint density at radius 2 is 2.16 bits per heavy atom. The van der Waals surface area contributed by atoms with Gasteiger partial charge in [0, 0.05) is 23.5 Å². The molecule has 3 N–H and O–H groups in total. The van der Waals surface area contributed by atoms with Crippen molar-refractivity contribution in [2.75, 3.05) is 5.32 Å². The van der Waals surface area contributed by atoms with E-state index < -0.39 is 0 Å². The maximum atomic E-state index is 6.24. The van der Waals surface area contributed by atoms with E-state index in [0.29, 0.717) is 5.92 Å². The van der Waals surface area contributed by atoms with Crippen molar-refractivity contribution >= 4 is 16.7 Å². The lowest BCUT2D eigenvalue weighted by molar-refractivity contribution is 0.625. The molecule has 5 heteroatoms. The molecule has 1 aromatic heterocycles. The first-order valence-corrected chi connectivity index (χ1v) is 7.36. The van der Waals surface area contributed by atoms with Gasteiger partial charge in [-0.05, 0) is 17.5 Å². The molecule has 1 aliphatic carbocycles. The average Bonchev–Trinajstić information content (AvgIpc) is 2.96. The molecule has 0 spiro atoms. The number of hydrogen-bond acceptors (Lipinski definition) is 5. The molecule has 1 aliphatic rings. The number of nitrogens with zero attached hydrogens (tertiary/aromatic N) is 2. The van der Waals surface area contributed by atoms with Crippen LogP contribution >= 0.6 is 11.5 Å². The summed E-state index contributed by atoms with van der Waals surface area (Å²) in [5.74, 6) is 1.25. The Hall–Kier alpha value is -1.46. The van der Waals surface area contributed by atoms with Gasteiger partial charge in [0.2, 0.25) is 5.13 Å². The van der Waals surface area contributed by atoms with Crippen LogP contribution in [0.1, 0.15) is 42.8 Å². The van der Waals surface area contributed by atoms with Crippen LogP contribution in [0.25, 0.3) is 0 Å². The second-order valence-corrected chi connectivity index (χ2v) is 6.05. The van der Waals surface area contributed by atoms with Crippen LogP contribution in [0.2, 0.25) is 0 Å². The maximum absolute atomic E-state index is 6.24. The molecule has 100 valence electrons. The number of aromatic nitrogens is 2. The quantitative estimate of drug-likeness (QED) is 0.903. The molecular weight excluding hydrogens is 256 g/mol. The van der Waals surface area contributed by atoms with Crippen molar-refractivity contribution in [3.8, 4) is 0 Å². The van der Waals surface area contributed by atoms with E-state index in [2.05, 4.69) is 52.8 Å². The normalized spacial score (nSPS) is 21.7. The summed E-state index contributed by atoms with van der Waals surface area (Å²) in [6.45, 7) is 4.20. The molecule has 0 amide bonds. The molecule has 0 saturated heterocycles. The van der Waals surface area contributed by atoms with Gasteiger partial charge >= 0.3 is 0 Å². The van der Waals surface area contributed by atoms with Gasteiger partial charge in [-0.2, -0.15) is 4.37 Å². The molecule has 1 aromatic carbocycles. The van der Waals surface area contributed by atoms with Crippen molar-refractivity contribution in [3.63, 3.8) is 0 Å². The zero-order valence-electron chi connectivity index (χ0n) is 11.1. The third kappa shape index (κ3) is 2.35. The first-order chi connectivity index (χ1) is 9.15. The van der Waals surface area contributed by atoms with E-state index in [9.17, 15) is 0 Å². The van der Waals surface area contributed by atoms with E-state index in [1.165, 1.54) is 22.7 Å². The SMILES string of the molecule is CC(C)c1nsc(NC2c3ccccc3CC2N)n1. The minimum absolute atomic E-state index is 0.101. The van der Waals surface area contributed by atoms with Crippen LogP contribution in [0.5, 0.6) is 0 Å². The molecule has 0 aliphatic heterocycles. The van der Waals surface area contributed by atoms with Crippen LogP contribution < -0.4 is 11.1 Å². The molecule has 4 nitrogen and oxygen atoms in total. The number of fused-ring (bicyclic) bond motifs is 1. The number of benzene rings is 1. The molecule has 0 radical (unpaired) electrons. The van der Waals surface area contributed by atoms with E-state index in [-0.39, 0.29) is 12.1 Å². The van der Waals surface area contributed by atoms with E-state index >= 15 is 0 Å². The lowest BCUT2D eigenvalue weighted by Crippen LogP contribution is -2.29. The van der Waals surface area contributed by atoms with Gasteiger partial charge in [-0.25, -0.2) is 4.98 Å². The molecule has 0 saturated carbocycles. The van der Waals surface area contributed by atoms with Gasteiger partial charge in [-0.1, -0.05) is 38.1 Å². The fraction of sp³-hybridized carbons (Fsp3) is 0.429. The van der Waals surface area contributed by atoms with Gasteiger partial charge in [0.1, 0.15) is 5.82 Å². The van der Waals surface area contributed by atoms with Crippen LogP contribution in [0.3, 0.4) is 0 Å². The summed E-state index contributed by atoms with van der Waals surface area (Å²) in [7, 11) is 0. The lowest BCUT2D eigenvalue weighted by Gasteiger charge is -2.17. The molecule has 2 atom stereocenters. The van der Waals surface area contributed by atoms with Crippen LogP contribution in [0, 0.1) is 0 Å². The monoisotopic (exact) mass is 274 g/mol. The topological polar surface area (TPSA) is 63.8 Å². The fourth-order valence-corrected chi connectivity index (χ4v) is 3.22. The van der Waals surface area contributed by atoms with Crippen LogP contribution in [-0.4, -0.2) is 15.4 Å². The van der Waals surface area contributed by atoms with E-state index in [4.69, 9.17) is 5.73 Å². The van der Waals surface area contributed by atoms with Gasteiger partial charge in [-0.15, -0.1) is 0 Å². The Balaban J connectivity index is 1.83. The summed E-state index contributed by atoms with van der Waals surface area (Å²) in [6, 6.07) is 8.66. The number of hydrogen-bond donors (Lipinski definition) is 2. The Morgan fingerprint density at radius 3 is 2.89 bits per heavy atom. The minimum atomic E-state index is 0.101. The predicted octanol–water partition coefficient (Wildman–Crippen LogP) is 2.70.